The van der Waals surface area contributed by atoms with Crippen molar-refractivity contribution in [1.29, 1.82) is 0 Å². The van der Waals surface area contributed by atoms with Crippen LogP contribution in [0.4, 0.5) is 5.69 Å². The molecule has 2 rings (SSSR count). The van der Waals surface area contributed by atoms with Crippen LogP contribution in [0.5, 0.6) is 0 Å². The summed E-state index contributed by atoms with van der Waals surface area (Å²) in [5.41, 5.74) is 2.37. The molecule has 1 fully saturated rings. The maximum absolute atomic E-state index is 5.57. The molecule has 1 N–H and O–H groups in total. The number of rotatable bonds is 2. The Morgan fingerprint density at radius 1 is 1.39 bits per heavy atom. The minimum absolute atomic E-state index is 0.614. The summed E-state index contributed by atoms with van der Waals surface area (Å²) < 4.78 is 0. The zero-order valence-corrected chi connectivity index (χ0v) is 12.1. The van der Waals surface area contributed by atoms with Crippen LogP contribution < -0.4 is 5.32 Å². The van der Waals surface area contributed by atoms with Crippen LogP contribution >= 0.6 is 12.2 Å². The number of benzene rings is 1. The monoisotopic (exact) mass is 262 g/mol. The van der Waals surface area contributed by atoms with Crippen molar-refractivity contribution in [2.45, 2.75) is 45.6 Å². The summed E-state index contributed by atoms with van der Waals surface area (Å²) in [4.78, 5) is 2.37. The minimum atomic E-state index is 0.614. The van der Waals surface area contributed by atoms with Crippen molar-refractivity contribution in [2.75, 3.05) is 11.9 Å². The largest absolute Gasteiger partial charge is 0.346 e. The smallest absolute Gasteiger partial charge is 0.173 e. The van der Waals surface area contributed by atoms with E-state index in [0.717, 1.165) is 17.3 Å². The van der Waals surface area contributed by atoms with Crippen molar-refractivity contribution in [2.24, 2.45) is 0 Å². The molecule has 0 aliphatic carbocycles. The molecule has 1 aliphatic heterocycles. The first-order valence-corrected chi connectivity index (χ1v) is 7.26. The predicted octanol–water partition coefficient (Wildman–Crippen LogP) is 3.96. The molecule has 0 unspecified atom stereocenters. The lowest BCUT2D eigenvalue weighted by Crippen LogP contribution is -2.45. The minimum Gasteiger partial charge on any atom is -0.346 e. The van der Waals surface area contributed by atoms with E-state index in [0.29, 0.717) is 6.04 Å². The second-order valence-electron chi connectivity index (χ2n) is 5.00. The first-order valence-electron chi connectivity index (χ1n) is 6.85. The maximum atomic E-state index is 5.57. The Morgan fingerprint density at radius 2 is 2.17 bits per heavy atom. The maximum Gasteiger partial charge on any atom is 0.173 e. The van der Waals surface area contributed by atoms with Crippen LogP contribution in [0, 0.1) is 6.92 Å². The number of hydrogen-bond donors (Lipinski definition) is 1. The molecule has 0 radical (unpaired) electrons. The van der Waals surface area contributed by atoms with E-state index in [2.05, 4.69) is 42.3 Å². The molecular weight excluding hydrogens is 240 g/mol. The molecule has 1 atom stereocenters. The van der Waals surface area contributed by atoms with Gasteiger partial charge in [-0.2, -0.15) is 0 Å². The molecule has 2 nitrogen and oxygen atoms in total. The standard InChI is InChI=1S/C15H22N2S/c1-3-13-9-6-7-11-17(13)15(18)16-14-10-5-4-8-12(14)2/h4-5,8,10,13H,3,6-7,9,11H2,1-2H3,(H,16,18)/t13-/m1/s1. The number of piperidine rings is 1. The Bertz CT molecular complexity index is 417. The number of aryl methyl sites for hydroxylation is 1. The fraction of sp³-hybridized carbons (Fsp3) is 0.533. The zero-order chi connectivity index (χ0) is 13.0. The molecule has 0 amide bonds. The number of nitrogens with zero attached hydrogens (tertiary/aromatic N) is 1. The molecule has 0 saturated carbocycles. The lowest BCUT2D eigenvalue weighted by atomic mass is 10.0. The molecule has 1 saturated heterocycles. The van der Waals surface area contributed by atoms with Crippen LogP contribution in [0.15, 0.2) is 24.3 Å². The summed E-state index contributed by atoms with van der Waals surface area (Å²) in [6.45, 7) is 5.45. The number of anilines is 1. The van der Waals surface area contributed by atoms with Gasteiger partial charge in [-0.1, -0.05) is 25.1 Å². The molecule has 0 aromatic heterocycles. The Balaban J connectivity index is 2.05. The Morgan fingerprint density at radius 3 is 2.89 bits per heavy atom. The summed E-state index contributed by atoms with van der Waals surface area (Å²) in [5.74, 6) is 0. The normalized spacial score (nSPS) is 19.7. The Labute approximate surface area is 115 Å². The van der Waals surface area contributed by atoms with Gasteiger partial charge in [0.25, 0.3) is 0 Å². The molecule has 98 valence electrons. The summed E-state index contributed by atoms with van der Waals surface area (Å²) in [6.07, 6.45) is 5.04. The highest BCUT2D eigenvalue weighted by Gasteiger charge is 2.22. The third kappa shape index (κ3) is 3.02. The third-order valence-electron chi connectivity index (χ3n) is 3.75. The third-order valence-corrected chi connectivity index (χ3v) is 4.08. The average molecular weight is 262 g/mol. The Hall–Kier alpha value is -1.09. The van der Waals surface area contributed by atoms with Crippen molar-refractivity contribution in [3.8, 4) is 0 Å². The van der Waals surface area contributed by atoms with E-state index >= 15 is 0 Å². The van der Waals surface area contributed by atoms with Crippen LogP contribution in [0.3, 0.4) is 0 Å². The molecule has 1 heterocycles. The molecule has 1 aromatic carbocycles. The first kappa shape index (κ1) is 13.3. The SMILES string of the molecule is CC[C@@H]1CCCCN1C(=S)Nc1ccccc1C. The topological polar surface area (TPSA) is 15.3 Å². The van der Waals surface area contributed by atoms with Gasteiger partial charge in [0.15, 0.2) is 5.11 Å². The van der Waals surface area contributed by atoms with Gasteiger partial charge < -0.3 is 10.2 Å². The van der Waals surface area contributed by atoms with E-state index in [9.17, 15) is 0 Å². The lowest BCUT2D eigenvalue weighted by molar-refractivity contribution is 0.239. The van der Waals surface area contributed by atoms with Gasteiger partial charge in [-0.05, 0) is 56.5 Å². The van der Waals surface area contributed by atoms with E-state index in [4.69, 9.17) is 12.2 Å². The van der Waals surface area contributed by atoms with Crippen LogP contribution in [0.1, 0.15) is 38.2 Å². The van der Waals surface area contributed by atoms with Crippen LogP contribution in [0.2, 0.25) is 0 Å². The van der Waals surface area contributed by atoms with Gasteiger partial charge in [-0.15, -0.1) is 0 Å². The van der Waals surface area contributed by atoms with Gasteiger partial charge in [0.2, 0.25) is 0 Å². The van der Waals surface area contributed by atoms with E-state index in [1.807, 2.05) is 6.07 Å². The van der Waals surface area contributed by atoms with Crippen LogP contribution in [0.25, 0.3) is 0 Å². The average Bonchev–Trinajstić information content (AvgIpc) is 2.41. The van der Waals surface area contributed by atoms with Gasteiger partial charge in [0, 0.05) is 18.3 Å². The van der Waals surface area contributed by atoms with Gasteiger partial charge in [0.05, 0.1) is 0 Å². The van der Waals surface area contributed by atoms with Crippen molar-refractivity contribution >= 4 is 23.0 Å². The van der Waals surface area contributed by atoms with E-state index in [-0.39, 0.29) is 0 Å². The molecule has 18 heavy (non-hydrogen) atoms. The van der Waals surface area contributed by atoms with Crippen molar-refractivity contribution in [3.63, 3.8) is 0 Å². The fourth-order valence-electron chi connectivity index (χ4n) is 2.59. The van der Waals surface area contributed by atoms with Crippen molar-refractivity contribution in [3.05, 3.63) is 29.8 Å². The molecule has 1 aliphatic rings. The van der Waals surface area contributed by atoms with Crippen LogP contribution in [-0.2, 0) is 0 Å². The van der Waals surface area contributed by atoms with E-state index in [1.54, 1.807) is 0 Å². The molecule has 0 spiro atoms. The number of nitrogens with one attached hydrogen (secondary N) is 1. The number of para-hydroxylation sites is 1. The molecule has 3 heteroatoms. The zero-order valence-electron chi connectivity index (χ0n) is 11.3. The fourth-order valence-corrected chi connectivity index (χ4v) is 2.94. The summed E-state index contributed by atoms with van der Waals surface area (Å²) >= 11 is 5.57. The van der Waals surface area contributed by atoms with Gasteiger partial charge in [0.1, 0.15) is 0 Å². The highest BCUT2D eigenvalue weighted by Crippen LogP contribution is 2.21. The van der Waals surface area contributed by atoms with E-state index < -0.39 is 0 Å². The van der Waals surface area contributed by atoms with Crippen LogP contribution in [-0.4, -0.2) is 22.6 Å². The second kappa shape index (κ2) is 6.19. The number of hydrogen-bond acceptors (Lipinski definition) is 1. The van der Waals surface area contributed by atoms with Gasteiger partial charge in [-0.25, -0.2) is 0 Å². The highest BCUT2D eigenvalue weighted by atomic mass is 32.1. The summed E-state index contributed by atoms with van der Waals surface area (Å²) in [7, 11) is 0. The highest BCUT2D eigenvalue weighted by molar-refractivity contribution is 7.80. The summed E-state index contributed by atoms with van der Waals surface area (Å²) in [5, 5.41) is 4.29. The number of thiocarbonyl (C=S) groups is 1. The number of likely N-dealkylation sites (tertiary alicyclic amines) is 1. The molecule has 1 aromatic rings. The summed E-state index contributed by atoms with van der Waals surface area (Å²) in [6, 6.07) is 8.92. The van der Waals surface area contributed by atoms with E-state index in [1.165, 1.54) is 31.2 Å². The quantitative estimate of drug-likeness (QED) is 0.812. The second-order valence-corrected chi connectivity index (χ2v) is 5.38. The lowest BCUT2D eigenvalue weighted by Gasteiger charge is -2.37. The van der Waals surface area contributed by atoms with Gasteiger partial charge in [-0.3, -0.25) is 0 Å². The van der Waals surface area contributed by atoms with Crippen molar-refractivity contribution in [1.82, 2.24) is 4.90 Å². The van der Waals surface area contributed by atoms with Crippen molar-refractivity contribution < 1.29 is 0 Å². The Kier molecular flexibility index (Phi) is 4.59. The van der Waals surface area contributed by atoms with Gasteiger partial charge >= 0.3 is 0 Å². The first-order chi connectivity index (χ1) is 8.72. The molecule has 0 bridgehead atoms. The predicted molar refractivity (Wildman–Crippen MR) is 82.0 cm³/mol. The molecular formula is C15H22N2S.